The molecule has 3 aromatic rings. The SMILES string of the molecule is C=C(NC(NC(N)C1=CC[C@H](C2=CCCCC2)CC1)C1C=CCCC1)c1ccccc1-c1ccc(C2(C3CC=CCC3)C3=C(CCC=C3)Oc3ccccc32)cc1. The van der Waals surface area contributed by atoms with E-state index in [2.05, 4.69) is 139 Å². The molecule has 0 bridgehead atoms. The summed E-state index contributed by atoms with van der Waals surface area (Å²) in [7, 11) is 0. The van der Waals surface area contributed by atoms with Crippen LogP contribution in [0.1, 0.15) is 113 Å². The topological polar surface area (TPSA) is 59.3 Å². The number of hydrogen-bond donors (Lipinski definition) is 3. The Morgan fingerprint density at radius 1 is 0.772 bits per heavy atom. The lowest BCUT2D eigenvalue weighted by molar-refractivity contribution is 0.283. The first kappa shape index (κ1) is 37.9. The number of nitrogens with two attached hydrogens (primary N) is 1. The van der Waals surface area contributed by atoms with Crippen molar-refractivity contribution in [2.75, 3.05) is 0 Å². The molecule has 4 nitrogen and oxygen atoms in total. The summed E-state index contributed by atoms with van der Waals surface area (Å²) in [5, 5.41) is 7.76. The summed E-state index contributed by atoms with van der Waals surface area (Å²) >= 11 is 0. The number of ether oxygens (including phenoxy) is 1. The molecular weight excluding hydrogens is 695 g/mol. The molecule has 6 atom stereocenters. The normalized spacial score (nSPS) is 26.6. The van der Waals surface area contributed by atoms with E-state index in [0.717, 1.165) is 80.6 Å². The number of nitrogens with one attached hydrogen (secondary N) is 2. The van der Waals surface area contributed by atoms with Gasteiger partial charge in [-0.2, -0.15) is 0 Å². The second kappa shape index (κ2) is 17.1. The van der Waals surface area contributed by atoms with Crippen molar-refractivity contribution in [2.45, 2.75) is 114 Å². The molecule has 1 heterocycles. The van der Waals surface area contributed by atoms with Crippen LogP contribution in [0.4, 0.5) is 0 Å². The van der Waals surface area contributed by atoms with Gasteiger partial charge in [0.2, 0.25) is 0 Å². The van der Waals surface area contributed by atoms with Gasteiger partial charge in [-0.25, -0.2) is 0 Å². The van der Waals surface area contributed by atoms with Crippen molar-refractivity contribution in [2.24, 2.45) is 23.5 Å². The first-order valence-corrected chi connectivity index (χ1v) is 22.1. The quantitative estimate of drug-likeness (QED) is 0.135. The predicted octanol–water partition coefficient (Wildman–Crippen LogP) is 12.3. The van der Waals surface area contributed by atoms with E-state index in [4.69, 9.17) is 10.5 Å². The highest BCUT2D eigenvalue weighted by Crippen LogP contribution is 2.57. The second-order valence-corrected chi connectivity index (χ2v) is 17.3. The Balaban J connectivity index is 0.995. The van der Waals surface area contributed by atoms with E-state index in [1.54, 1.807) is 5.57 Å². The van der Waals surface area contributed by atoms with Gasteiger partial charge in [-0.3, -0.25) is 5.32 Å². The Labute approximate surface area is 341 Å². The summed E-state index contributed by atoms with van der Waals surface area (Å²) in [5.74, 6) is 3.61. The van der Waals surface area contributed by atoms with Crippen LogP contribution in [0.25, 0.3) is 16.8 Å². The van der Waals surface area contributed by atoms with Crippen molar-refractivity contribution in [3.05, 3.63) is 167 Å². The van der Waals surface area contributed by atoms with Gasteiger partial charge in [0.25, 0.3) is 0 Å². The average molecular weight is 756 g/mol. The molecule has 6 aliphatic rings. The van der Waals surface area contributed by atoms with Crippen molar-refractivity contribution < 1.29 is 4.74 Å². The average Bonchev–Trinajstić information content (AvgIpc) is 3.29. The van der Waals surface area contributed by atoms with Crippen LogP contribution in [0.5, 0.6) is 5.75 Å². The van der Waals surface area contributed by atoms with Crippen LogP contribution < -0.4 is 21.1 Å². The number of fused-ring (bicyclic) bond motifs is 1. The van der Waals surface area contributed by atoms with Gasteiger partial charge in [0.15, 0.2) is 0 Å². The van der Waals surface area contributed by atoms with Gasteiger partial charge in [-0.1, -0.05) is 127 Å². The summed E-state index contributed by atoms with van der Waals surface area (Å²) in [6, 6.07) is 27.0. The Bertz CT molecular complexity index is 2130. The van der Waals surface area contributed by atoms with E-state index in [0.29, 0.717) is 17.8 Å². The number of allylic oxidation sites excluding steroid dienone is 10. The van der Waals surface area contributed by atoms with Crippen LogP contribution in [0.2, 0.25) is 0 Å². The predicted molar refractivity (Wildman–Crippen MR) is 237 cm³/mol. The molecule has 5 unspecified atom stereocenters. The van der Waals surface area contributed by atoms with Crippen LogP contribution in [0.3, 0.4) is 0 Å². The molecule has 57 heavy (non-hydrogen) atoms. The molecule has 0 saturated carbocycles. The first-order chi connectivity index (χ1) is 28.1. The van der Waals surface area contributed by atoms with E-state index < -0.39 is 0 Å². The minimum atomic E-state index is -0.276. The van der Waals surface area contributed by atoms with Gasteiger partial charge in [-0.15, -0.1) is 0 Å². The van der Waals surface area contributed by atoms with Crippen LogP contribution in [-0.4, -0.2) is 12.3 Å². The number of hydrogen-bond acceptors (Lipinski definition) is 4. The maximum atomic E-state index is 7.02. The molecule has 0 amide bonds. The van der Waals surface area contributed by atoms with Crippen LogP contribution in [0.15, 0.2) is 150 Å². The van der Waals surface area contributed by atoms with Crippen molar-refractivity contribution in [1.29, 1.82) is 0 Å². The van der Waals surface area contributed by atoms with E-state index in [9.17, 15) is 0 Å². The molecule has 5 aliphatic carbocycles. The lowest BCUT2D eigenvalue weighted by atomic mass is 9.57. The minimum Gasteiger partial charge on any atom is -0.461 e. The fourth-order valence-corrected chi connectivity index (χ4v) is 11.0. The molecule has 9 rings (SSSR count). The zero-order chi connectivity index (χ0) is 38.6. The minimum absolute atomic E-state index is 0.0248. The van der Waals surface area contributed by atoms with E-state index in [-0.39, 0.29) is 17.7 Å². The maximum absolute atomic E-state index is 7.02. The standard InChI is InChI=1S/C53H61N3O/c1-37(55-52(42-19-7-3-8-20-42)56-51(54)41-31-29-39(30-32-41)38-17-5-2-6-18-38)45-23-11-12-24-46(45)40-33-35-44(36-34-40)53(43-21-9-4-10-22-43)47-25-13-15-27-49(47)57-50-28-16-14-26-48(50)53/h4,7,9,11-15,17,19,23-27,31,33-36,39,42-43,51-52,55-56H,1-3,5-6,8,10,16,18,20-22,28-30,32,54H2/t39-,42?,43?,51?,52?,53?/m0/s1. The summed E-state index contributed by atoms with van der Waals surface area (Å²) in [5.41, 5.74) is 18.2. The number of benzene rings is 3. The first-order valence-electron chi connectivity index (χ1n) is 22.1. The Morgan fingerprint density at radius 3 is 2.44 bits per heavy atom. The molecule has 4 heteroatoms. The molecule has 0 saturated heterocycles. The van der Waals surface area contributed by atoms with Crippen LogP contribution >= 0.6 is 0 Å². The number of rotatable bonds is 11. The van der Waals surface area contributed by atoms with Gasteiger partial charge in [0.1, 0.15) is 11.5 Å². The summed E-state index contributed by atoms with van der Waals surface area (Å²) in [6.45, 7) is 4.69. The molecule has 1 aliphatic heterocycles. The van der Waals surface area contributed by atoms with Gasteiger partial charge < -0.3 is 15.8 Å². The van der Waals surface area contributed by atoms with E-state index in [1.165, 1.54) is 71.9 Å². The number of para-hydroxylation sites is 1. The van der Waals surface area contributed by atoms with Gasteiger partial charge in [-0.05, 0) is 130 Å². The summed E-state index contributed by atoms with van der Waals surface area (Å²) < 4.78 is 6.67. The highest BCUT2D eigenvalue weighted by Gasteiger charge is 2.49. The molecule has 0 radical (unpaired) electrons. The molecule has 0 aromatic heterocycles. The Hall–Kier alpha value is -4.64. The monoisotopic (exact) mass is 755 g/mol. The largest absolute Gasteiger partial charge is 0.461 e. The van der Waals surface area contributed by atoms with Crippen LogP contribution in [-0.2, 0) is 5.41 Å². The fraction of sp³-hybridized carbons (Fsp3) is 0.396. The van der Waals surface area contributed by atoms with Crippen molar-refractivity contribution in [3.8, 4) is 16.9 Å². The van der Waals surface area contributed by atoms with Gasteiger partial charge in [0, 0.05) is 34.7 Å². The van der Waals surface area contributed by atoms with Crippen molar-refractivity contribution in [3.63, 3.8) is 0 Å². The third-order valence-corrected chi connectivity index (χ3v) is 14.0. The third-order valence-electron chi connectivity index (χ3n) is 14.0. The van der Waals surface area contributed by atoms with E-state index in [1.807, 2.05) is 0 Å². The van der Waals surface area contributed by atoms with Crippen molar-refractivity contribution in [1.82, 2.24) is 10.6 Å². The lowest BCUT2D eigenvalue weighted by Crippen LogP contribution is -2.54. The maximum Gasteiger partial charge on any atom is 0.131 e. The zero-order valence-electron chi connectivity index (χ0n) is 33.7. The van der Waals surface area contributed by atoms with Crippen LogP contribution in [0, 0.1) is 17.8 Å². The molecule has 294 valence electrons. The van der Waals surface area contributed by atoms with E-state index >= 15 is 0 Å². The summed E-state index contributed by atoms with van der Waals surface area (Å²) in [6.07, 6.45) is 36.3. The zero-order valence-corrected chi connectivity index (χ0v) is 33.7. The molecule has 0 spiro atoms. The fourth-order valence-electron chi connectivity index (χ4n) is 11.0. The van der Waals surface area contributed by atoms with Crippen molar-refractivity contribution >= 4 is 5.70 Å². The molecular formula is C53H61N3O. The Kier molecular flexibility index (Phi) is 11.4. The highest BCUT2D eigenvalue weighted by atomic mass is 16.5. The molecule has 0 fully saturated rings. The highest BCUT2D eigenvalue weighted by molar-refractivity contribution is 5.80. The Morgan fingerprint density at radius 2 is 1.65 bits per heavy atom. The molecule has 3 aromatic carbocycles. The smallest absolute Gasteiger partial charge is 0.131 e. The van der Waals surface area contributed by atoms with Gasteiger partial charge in [0.05, 0.1) is 17.7 Å². The third kappa shape index (κ3) is 7.59. The lowest BCUT2D eigenvalue weighted by Gasteiger charge is -2.48. The molecule has 4 N–H and O–H groups in total. The van der Waals surface area contributed by atoms with Gasteiger partial charge >= 0.3 is 0 Å². The summed E-state index contributed by atoms with van der Waals surface area (Å²) in [4.78, 5) is 0. The second-order valence-electron chi connectivity index (χ2n) is 17.3.